The van der Waals surface area contributed by atoms with E-state index in [-0.39, 0.29) is 0 Å². The van der Waals surface area contributed by atoms with Crippen molar-refractivity contribution in [3.05, 3.63) is 24.0 Å². The fourth-order valence-electron chi connectivity index (χ4n) is 2.29. The molecule has 84 valence electrons. The molecular formula is C13H16N2O. The number of nitrogens with zero attached hydrogens (tertiary/aromatic N) is 2. The van der Waals surface area contributed by atoms with Gasteiger partial charge in [-0.25, -0.2) is 4.98 Å². The quantitative estimate of drug-likeness (QED) is 0.837. The second-order valence-electron chi connectivity index (χ2n) is 4.85. The van der Waals surface area contributed by atoms with Crippen LogP contribution >= 0.6 is 0 Å². The summed E-state index contributed by atoms with van der Waals surface area (Å²) in [6, 6.07) is 6.02. The van der Waals surface area contributed by atoms with Crippen LogP contribution in [0.3, 0.4) is 0 Å². The highest BCUT2D eigenvalue weighted by atomic mass is 16.3. The van der Waals surface area contributed by atoms with Gasteiger partial charge in [-0.15, -0.1) is 0 Å². The van der Waals surface area contributed by atoms with Crippen LogP contribution in [0.4, 0.5) is 0 Å². The van der Waals surface area contributed by atoms with Gasteiger partial charge in [0.15, 0.2) is 0 Å². The molecule has 1 aromatic carbocycles. The second kappa shape index (κ2) is 3.24. The number of benzene rings is 1. The van der Waals surface area contributed by atoms with Gasteiger partial charge in [0.1, 0.15) is 17.1 Å². The normalized spacial score (nSPS) is 16.2. The largest absolute Gasteiger partial charge is 0.506 e. The van der Waals surface area contributed by atoms with Crippen LogP contribution < -0.4 is 0 Å². The third-order valence-electron chi connectivity index (χ3n) is 3.19. The molecule has 3 rings (SSSR count). The Balaban J connectivity index is 2.32. The lowest BCUT2D eigenvalue weighted by Gasteiger charge is -2.12. The van der Waals surface area contributed by atoms with Crippen molar-refractivity contribution in [2.75, 3.05) is 0 Å². The SMILES string of the molecule is CC(C)n1c(C2CC2)nc2c(O)cccc21. The van der Waals surface area contributed by atoms with E-state index in [1.165, 1.54) is 12.8 Å². The molecule has 0 unspecified atom stereocenters. The Kier molecular flexibility index (Phi) is 1.96. The summed E-state index contributed by atoms with van der Waals surface area (Å²) in [6.45, 7) is 4.33. The number of hydrogen-bond donors (Lipinski definition) is 1. The number of imidazole rings is 1. The Morgan fingerprint density at radius 3 is 2.75 bits per heavy atom. The van der Waals surface area contributed by atoms with Crippen LogP contribution in [0.25, 0.3) is 11.0 Å². The zero-order chi connectivity index (χ0) is 11.3. The lowest BCUT2D eigenvalue weighted by molar-refractivity contribution is 0.480. The summed E-state index contributed by atoms with van der Waals surface area (Å²) >= 11 is 0. The van der Waals surface area contributed by atoms with E-state index in [1.807, 2.05) is 12.1 Å². The summed E-state index contributed by atoms with van der Waals surface area (Å²) in [4.78, 5) is 4.61. The molecule has 0 amide bonds. The van der Waals surface area contributed by atoms with Gasteiger partial charge in [0.25, 0.3) is 0 Å². The van der Waals surface area contributed by atoms with E-state index >= 15 is 0 Å². The zero-order valence-corrected chi connectivity index (χ0v) is 9.64. The molecule has 1 fully saturated rings. The molecule has 1 aliphatic carbocycles. The van der Waals surface area contributed by atoms with E-state index in [0.29, 0.717) is 17.7 Å². The number of rotatable bonds is 2. The summed E-state index contributed by atoms with van der Waals surface area (Å²) < 4.78 is 2.26. The van der Waals surface area contributed by atoms with E-state index in [2.05, 4.69) is 23.4 Å². The van der Waals surface area contributed by atoms with E-state index in [0.717, 1.165) is 16.9 Å². The number of phenols is 1. The van der Waals surface area contributed by atoms with Crippen molar-refractivity contribution >= 4 is 11.0 Å². The summed E-state index contributed by atoms with van der Waals surface area (Å²) in [5.41, 5.74) is 1.80. The van der Waals surface area contributed by atoms with Gasteiger partial charge >= 0.3 is 0 Å². The molecule has 1 heterocycles. The highest BCUT2D eigenvalue weighted by Gasteiger charge is 2.30. The Morgan fingerprint density at radius 2 is 2.12 bits per heavy atom. The lowest BCUT2D eigenvalue weighted by atomic mass is 10.2. The Morgan fingerprint density at radius 1 is 1.38 bits per heavy atom. The monoisotopic (exact) mass is 216 g/mol. The van der Waals surface area contributed by atoms with Gasteiger partial charge in [0.2, 0.25) is 0 Å². The van der Waals surface area contributed by atoms with Crippen molar-refractivity contribution in [1.82, 2.24) is 9.55 Å². The van der Waals surface area contributed by atoms with E-state index in [9.17, 15) is 5.11 Å². The molecule has 1 N–H and O–H groups in total. The zero-order valence-electron chi connectivity index (χ0n) is 9.64. The van der Waals surface area contributed by atoms with Crippen LogP contribution in [0.15, 0.2) is 18.2 Å². The first-order valence-corrected chi connectivity index (χ1v) is 5.88. The van der Waals surface area contributed by atoms with Crippen molar-refractivity contribution in [2.45, 2.75) is 38.6 Å². The number of aromatic nitrogens is 2. The molecule has 0 bridgehead atoms. The predicted octanol–water partition coefficient (Wildman–Crippen LogP) is 3.20. The molecule has 1 saturated carbocycles. The molecule has 3 nitrogen and oxygen atoms in total. The van der Waals surface area contributed by atoms with E-state index in [4.69, 9.17) is 0 Å². The Bertz CT molecular complexity index is 538. The predicted molar refractivity (Wildman–Crippen MR) is 63.8 cm³/mol. The van der Waals surface area contributed by atoms with Gasteiger partial charge in [-0.3, -0.25) is 0 Å². The fraction of sp³-hybridized carbons (Fsp3) is 0.462. The van der Waals surface area contributed by atoms with Crippen LogP contribution in [0.5, 0.6) is 5.75 Å². The Labute approximate surface area is 94.7 Å². The van der Waals surface area contributed by atoms with Gasteiger partial charge in [0.05, 0.1) is 5.52 Å². The molecule has 0 atom stereocenters. The molecule has 16 heavy (non-hydrogen) atoms. The number of hydrogen-bond acceptors (Lipinski definition) is 2. The van der Waals surface area contributed by atoms with E-state index < -0.39 is 0 Å². The minimum atomic E-state index is 0.291. The van der Waals surface area contributed by atoms with Crippen molar-refractivity contribution in [1.29, 1.82) is 0 Å². The minimum Gasteiger partial charge on any atom is -0.506 e. The van der Waals surface area contributed by atoms with Gasteiger partial charge in [-0.1, -0.05) is 6.07 Å². The average Bonchev–Trinajstić information content (AvgIpc) is 2.99. The molecule has 0 spiro atoms. The van der Waals surface area contributed by atoms with E-state index in [1.54, 1.807) is 6.07 Å². The maximum Gasteiger partial charge on any atom is 0.143 e. The van der Waals surface area contributed by atoms with Crippen molar-refractivity contribution in [2.24, 2.45) is 0 Å². The molecule has 0 aliphatic heterocycles. The Hall–Kier alpha value is -1.51. The third kappa shape index (κ3) is 1.31. The third-order valence-corrected chi connectivity index (χ3v) is 3.19. The van der Waals surface area contributed by atoms with Gasteiger partial charge in [-0.2, -0.15) is 0 Å². The second-order valence-corrected chi connectivity index (χ2v) is 4.85. The van der Waals surface area contributed by atoms with Crippen LogP contribution in [0.2, 0.25) is 0 Å². The molecule has 0 saturated heterocycles. The summed E-state index contributed by atoms with van der Waals surface area (Å²) in [5, 5.41) is 9.82. The molecular weight excluding hydrogens is 200 g/mol. The number of phenolic OH excluding ortho intramolecular Hbond substituents is 1. The topological polar surface area (TPSA) is 38.0 Å². The highest BCUT2D eigenvalue weighted by Crippen LogP contribution is 2.42. The smallest absolute Gasteiger partial charge is 0.143 e. The molecule has 2 aromatic rings. The highest BCUT2D eigenvalue weighted by molar-refractivity contribution is 5.82. The van der Waals surface area contributed by atoms with Crippen LogP contribution in [0.1, 0.15) is 44.5 Å². The molecule has 0 radical (unpaired) electrons. The summed E-state index contributed by atoms with van der Waals surface area (Å²) in [6.07, 6.45) is 2.47. The molecule has 1 aromatic heterocycles. The van der Waals surface area contributed by atoms with Gasteiger partial charge < -0.3 is 9.67 Å². The van der Waals surface area contributed by atoms with Gasteiger partial charge in [0, 0.05) is 12.0 Å². The maximum absolute atomic E-state index is 9.82. The summed E-state index contributed by atoms with van der Waals surface area (Å²) in [7, 11) is 0. The van der Waals surface area contributed by atoms with Crippen LogP contribution in [0, 0.1) is 0 Å². The minimum absolute atomic E-state index is 0.291. The number of aromatic hydroxyl groups is 1. The number of fused-ring (bicyclic) bond motifs is 1. The van der Waals surface area contributed by atoms with Crippen molar-refractivity contribution in [3.63, 3.8) is 0 Å². The molecule has 3 heteroatoms. The van der Waals surface area contributed by atoms with Crippen LogP contribution in [-0.2, 0) is 0 Å². The van der Waals surface area contributed by atoms with Crippen molar-refractivity contribution in [3.8, 4) is 5.75 Å². The van der Waals surface area contributed by atoms with Gasteiger partial charge in [-0.05, 0) is 38.8 Å². The first kappa shape index (κ1) is 9.70. The van der Waals surface area contributed by atoms with Crippen LogP contribution in [-0.4, -0.2) is 14.7 Å². The summed E-state index contributed by atoms with van der Waals surface area (Å²) in [5.74, 6) is 2.04. The van der Waals surface area contributed by atoms with Crippen molar-refractivity contribution < 1.29 is 5.11 Å². The molecule has 1 aliphatic rings. The first-order chi connectivity index (χ1) is 7.68. The number of para-hydroxylation sites is 1. The standard InChI is InChI=1S/C13H16N2O/c1-8(2)15-10-4-3-5-11(16)12(10)14-13(15)9-6-7-9/h3-5,8-9,16H,6-7H2,1-2H3. The lowest BCUT2D eigenvalue weighted by Crippen LogP contribution is -2.04. The fourth-order valence-corrected chi connectivity index (χ4v) is 2.29. The maximum atomic E-state index is 9.82. The first-order valence-electron chi connectivity index (χ1n) is 5.88. The average molecular weight is 216 g/mol.